The van der Waals surface area contributed by atoms with Gasteiger partial charge in [-0.25, -0.2) is 14.4 Å². The first-order chi connectivity index (χ1) is 17.6. The first-order valence-electron chi connectivity index (χ1n) is 12.9. The minimum Gasteiger partial charge on any atom is -0.351 e. The molecule has 2 fully saturated rings. The Kier molecular flexibility index (Phi) is 6.69. The van der Waals surface area contributed by atoms with Crippen molar-refractivity contribution in [1.82, 2.24) is 29.9 Å². The molecule has 0 atom stereocenters. The Hall–Kier alpha value is -2.88. The molecule has 2 N–H and O–H groups in total. The zero-order chi connectivity index (χ0) is 24.5. The summed E-state index contributed by atoms with van der Waals surface area (Å²) < 4.78 is 17.7. The number of nitrogens with zero attached hydrogens (tertiary/aromatic N) is 4. The van der Waals surface area contributed by atoms with Crippen LogP contribution in [0.15, 0.2) is 36.7 Å². The van der Waals surface area contributed by atoms with E-state index in [1.54, 1.807) is 18.3 Å². The number of pyridine rings is 1. The van der Waals surface area contributed by atoms with E-state index in [0.29, 0.717) is 36.1 Å². The molecule has 0 unspecified atom stereocenters. The number of hydrogen-bond acceptors (Lipinski definition) is 6. The van der Waals surface area contributed by atoms with Crippen LogP contribution in [0.3, 0.4) is 0 Å². The van der Waals surface area contributed by atoms with Crippen molar-refractivity contribution in [3.8, 4) is 11.3 Å². The highest BCUT2D eigenvalue weighted by molar-refractivity contribution is 7.23. The predicted octanol–water partition coefficient (Wildman–Crippen LogP) is 4.61. The van der Waals surface area contributed by atoms with E-state index < -0.39 is 0 Å². The monoisotopic (exact) mass is 506 g/mol. The molecule has 4 heterocycles. The lowest BCUT2D eigenvalue weighted by molar-refractivity contribution is 0.0946. The Morgan fingerprint density at radius 1 is 1.17 bits per heavy atom. The Balaban J connectivity index is 1.12. The van der Waals surface area contributed by atoms with Gasteiger partial charge in [-0.1, -0.05) is 23.8 Å². The van der Waals surface area contributed by atoms with E-state index in [0.717, 1.165) is 33.7 Å². The molecule has 1 saturated heterocycles. The molecule has 0 radical (unpaired) electrons. The van der Waals surface area contributed by atoms with Gasteiger partial charge in [0.1, 0.15) is 11.5 Å². The number of imidazole rings is 1. The first kappa shape index (κ1) is 23.5. The maximum atomic E-state index is 14.9. The number of aromatic nitrogens is 3. The fourth-order valence-electron chi connectivity index (χ4n) is 4.86. The number of benzene rings is 1. The number of carbonyl (C=O) groups excluding carboxylic acids is 1. The number of nitrogens with one attached hydrogen (secondary N) is 2. The van der Waals surface area contributed by atoms with E-state index in [-0.39, 0.29) is 11.7 Å². The average Bonchev–Trinajstić information content (AvgIpc) is 3.54. The molecule has 3 aromatic heterocycles. The molecule has 0 bridgehead atoms. The van der Waals surface area contributed by atoms with Gasteiger partial charge >= 0.3 is 0 Å². The lowest BCUT2D eigenvalue weighted by atomic mass is 10.1. The van der Waals surface area contributed by atoms with Gasteiger partial charge in [-0.3, -0.25) is 9.20 Å². The molecule has 36 heavy (non-hydrogen) atoms. The van der Waals surface area contributed by atoms with Crippen molar-refractivity contribution in [2.45, 2.75) is 51.1 Å². The van der Waals surface area contributed by atoms with Gasteiger partial charge < -0.3 is 15.5 Å². The number of halogens is 1. The zero-order valence-electron chi connectivity index (χ0n) is 20.3. The highest BCUT2D eigenvalue weighted by Crippen LogP contribution is 2.31. The van der Waals surface area contributed by atoms with Gasteiger partial charge in [0.25, 0.3) is 5.91 Å². The Morgan fingerprint density at radius 2 is 2.03 bits per heavy atom. The van der Waals surface area contributed by atoms with E-state index in [9.17, 15) is 9.18 Å². The second-order valence-electron chi connectivity index (χ2n) is 9.90. The van der Waals surface area contributed by atoms with E-state index >= 15 is 0 Å². The number of likely N-dealkylation sites (tertiary alicyclic amines) is 1. The Bertz CT molecular complexity index is 1390. The smallest absolute Gasteiger partial charge is 0.269 e. The molecular weight excluding hydrogens is 475 g/mol. The number of hydrogen-bond donors (Lipinski definition) is 2. The van der Waals surface area contributed by atoms with Gasteiger partial charge in [0.15, 0.2) is 4.96 Å². The average molecular weight is 507 g/mol. The lowest BCUT2D eigenvalue weighted by Crippen LogP contribution is -2.33. The molecule has 188 valence electrons. The molecule has 1 aliphatic heterocycles. The van der Waals surface area contributed by atoms with Gasteiger partial charge in [-0.15, -0.1) is 0 Å². The van der Waals surface area contributed by atoms with Gasteiger partial charge in [0, 0.05) is 30.9 Å². The molecule has 6 rings (SSSR count). The van der Waals surface area contributed by atoms with Crippen molar-refractivity contribution in [1.29, 1.82) is 0 Å². The lowest BCUT2D eigenvalue weighted by Gasteiger charge is -2.26. The Labute approximate surface area is 213 Å². The summed E-state index contributed by atoms with van der Waals surface area (Å²) in [5.74, 6) is -0.418. The van der Waals surface area contributed by atoms with Crippen molar-refractivity contribution in [2.75, 3.05) is 26.2 Å². The zero-order valence-corrected chi connectivity index (χ0v) is 21.1. The maximum Gasteiger partial charge on any atom is 0.269 e. The van der Waals surface area contributed by atoms with E-state index in [1.807, 2.05) is 22.7 Å². The predicted molar refractivity (Wildman–Crippen MR) is 141 cm³/mol. The number of thiazole rings is 1. The third-order valence-electron chi connectivity index (χ3n) is 7.08. The van der Waals surface area contributed by atoms with Crippen molar-refractivity contribution >= 4 is 32.4 Å². The van der Waals surface area contributed by atoms with Crippen LogP contribution < -0.4 is 10.6 Å². The number of rotatable bonds is 9. The molecule has 1 aromatic carbocycles. The molecule has 1 saturated carbocycles. The van der Waals surface area contributed by atoms with Crippen LogP contribution in [0.1, 0.15) is 54.6 Å². The molecule has 1 aliphatic carbocycles. The Morgan fingerprint density at radius 3 is 2.83 bits per heavy atom. The summed E-state index contributed by atoms with van der Waals surface area (Å²) in [6.07, 6.45) is 10.8. The summed E-state index contributed by atoms with van der Waals surface area (Å²) in [5.41, 5.74) is 3.30. The third-order valence-corrected chi connectivity index (χ3v) is 8.10. The minimum absolute atomic E-state index is 0.152. The van der Waals surface area contributed by atoms with Crippen molar-refractivity contribution in [3.63, 3.8) is 0 Å². The number of carbonyl (C=O) groups is 1. The van der Waals surface area contributed by atoms with Gasteiger partial charge in [-0.05, 0) is 75.5 Å². The molecule has 0 spiro atoms. The van der Waals surface area contributed by atoms with Crippen LogP contribution in [0.25, 0.3) is 26.4 Å². The highest BCUT2D eigenvalue weighted by Gasteiger charge is 2.20. The summed E-state index contributed by atoms with van der Waals surface area (Å²) in [6, 6.07) is 7.76. The fraction of sp³-hybridized carbons (Fsp3) is 0.444. The number of amides is 1. The second kappa shape index (κ2) is 10.2. The van der Waals surface area contributed by atoms with Crippen LogP contribution in [0.4, 0.5) is 4.39 Å². The molecule has 7 nitrogen and oxygen atoms in total. The van der Waals surface area contributed by atoms with Crippen LogP contribution in [-0.4, -0.2) is 57.4 Å². The highest BCUT2D eigenvalue weighted by atomic mass is 32.1. The summed E-state index contributed by atoms with van der Waals surface area (Å²) in [7, 11) is 0. The SMILES string of the molecule is O=C(NCCCN1CCCCC1)c1cc2sc3nc(-c4ccc(CNC5CC5)cc4F)cn3c2cn1. The van der Waals surface area contributed by atoms with Crippen molar-refractivity contribution in [2.24, 2.45) is 0 Å². The number of fused-ring (bicyclic) bond motifs is 3. The van der Waals surface area contributed by atoms with Crippen LogP contribution in [0.2, 0.25) is 0 Å². The largest absolute Gasteiger partial charge is 0.351 e. The molecule has 9 heteroatoms. The summed E-state index contributed by atoms with van der Waals surface area (Å²) >= 11 is 1.48. The van der Waals surface area contributed by atoms with Crippen molar-refractivity contribution in [3.05, 3.63) is 53.7 Å². The quantitative estimate of drug-likeness (QED) is 0.325. The topological polar surface area (TPSA) is 74.6 Å². The molecule has 2 aliphatic rings. The van der Waals surface area contributed by atoms with Crippen LogP contribution in [0, 0.1) is 5.82 Å². The van der Waals surface area contributed by atoms with E-state index in [1.165, 1.54) is 56.5 Å². The molecular formula is C27H31FN6OS. The molecule has 4 aromatic rings. The van der Waals surface area contributed by atoms with Gasteiger partial charge in [0.05, 0.1) is 22.1 Å². The van der Waals surface area contributed by atoms with Crippen LogP contribution in [-0.2, 0) is 6.54 Å². The van der Waals surface area contributed by atoms with Gasteiger partial charge in [0.2, 0.25) is 0 Å². The summed E-state index contributed by atoms with van der Waals surface area (Å²) in [4.78, 5) is 24.9. The first-order valence-corrected chi connectivity index (χ1v) is 13.8. The second-order valence-corrected chi connectivity index (χ2v) is 10.9. The van der Waals surface area contributed by atoms with Gasteiger partial charge in [-0.2, -0.15) is 0 Å². The van der Waals surface area contributed by atoms with Crippen LogP contribution >= 0.6 is 11.3 Å². The summed E-state index contributed by atoms with van der Waals surface area (Å²) in [6.45, 7) is 4.70. The van der Waals surface area contributed by atoms with E-state index in [2.05, 4.69) is 25.5 Å². The normalized spacial score (nSPS) is 16.7. The molecule has 1 amide bonds. The van der Waals surface area contributed by atoms with E-state index in [4.69, 9.17) is 0 Å². The van der Waals surface area contributed by atoms with Crippen LogP contribution in [0.5, 0.6) is 0 Å². The fourth-order valence-corrected chi connectivity index (χ4v) is 5.87. The maximum absolute atomic E-state index is 14.9. The standard InChI is InChI=1S/C27H31FN6OS/c28-21-13-18(15-30-19-6-7-19)5-8-20(21)23-17-34-24-16-31-22(14-25(24)36-27(34)32-23)26(35)29-9-4-12-33-10-2-1-3-11-33/h5,8,13-14,16-17,19,30H,1-4,6-7,9-12,15H2,(H,29,35). The minimum atomic E-state index is -0.266. The third kappa shape index (κ3) is 5.14. The number of piperidine rings is 1. The van der Waals surface area contributed by atoms with Crippen molar-refractivity contribution < 1.29 is 9.18 Å². The summed E-state index contributed by atoms with van der Waals surface area (Å²) in [5, 5.41) is 6.41.